The average molecular weight is 296 g/mol. The molecule has 0 atom stereocenters. The van der Waals surface area contributed by atoms with Crippen LogP contribution in [-0.2, 0) is 0 Å². The summed E-state index contributed by atoms with van der Waals surface area (Å²) in [6.45, 7) is 3.11. The number of nitrogens with zero attached hydrogens (tertiary/aromatic N) is 3. The van der Waals surface area contributed by atoms with Gasteiger partial charge < -0.3 is 11.1 Å². The minimum atomic E-state index is -0.0818. The lowest BCUT2D eigenvalue weighted by Gasteiger charge is -2.08. The van der Waals surface area contributed by atoms with Gasteiger partial charge in [0.2, 0.25) is 0 Å². The molecule has 3 N–H and O–H groups in total. The molecule has 1 aromatic heterocycles. The van der Waals surface area contributed by atoms with Crippen molar-refractivity contribution >= 4 is 18.3 Å². The predicted molar refractivity (Wildman–Crippen MR) is 79.3 cm³/mol. The molecule has 6 nitrogen and oxygen atoms in total. The first-order valence-corrected chi connectivity index (χ1v) is 6.16. The smallest absolute Gasteiger partial charge is 0.251 e. The van der Waals surface area contributed by atoms with Crippen molar-refractivity contribution in [2.45, 2.75) is 13.3 Å². The van der Waals surface area contributed by atoms with Crippen LogP contribution in [0.2, 0.25) is 0 Å². The van der Waals surface area contributed by atoms with Gasteiger partial charge in [-0.1, -0.05) is 0 Å². The number of aromatic nitrogens is 3. The van der Waals surface area contributed by atoms with Crippen LogP contribution in [-0.4, -0.2) is 33.8 Å². The fourth-order valence-electron chi connectivity index (χ4n) is 1.79. The zero-order valence-corrected chi connectivity index (χ0v) is 12.1. The number of benzene rings is 1. The van der Waals surface area contributed by atoms with Crippen LogP contribution in [0.15, 0.2) is 30.9 Å². The second-order valence-corrected chi connectivity index (χ2v) is 4.24. The summed E-state index contributed by atoms with van der Waals surface area (Å²) in [6, 6.07) is 5.48. The van der Waals surface area contributed by atoms with Crippen molar-refractivity contribution in [1.82, 2.24) is 20.1 Å². The van der Waals surface area contributed by atoms with E-state index in [-0.39, 0.29) is 18.3 Å². The van der Waals surface area contributed by atoms with Crippen LogP contribution in [0.3, 0.4) is 0 Å². The Morgan fingerprint density at radius 1 is 1.45 bits per heavy atom. The Bertz CT molecular complexity index is 556. The van der Waals surface area contributed by atoms with E-state index in [1.165, 1.54) is 6.33 Å². The van der Waals surface area contributed by atoms with Crippen molar-refractivity contribution in [3.63, 3.8) is 0 Å². The highest BCUT2D eigenvalue weighted by molar-refractivity contribution is 5.94. The normalized spacial score (nSPS) is 9.90. The molecule has 0 aliphatic heterocycles. The number of carbonyl (C=O) groups excluding carboxylic acids is 1. The molecule has 0 bridgehead atoms. The summed E-state index contributed by atoms with van der Waals surface area (Å²) in [6.07, 6.45) is 3.89. The first-order chi connectivity index (χ1) is 9.22. The van der Waals surface area contributed by atoms with E-state index in [4.69, 9.17) is 5.73 Å². The third-order valence-electron chi connectivity index (χ3n) is 2.79. The molecule has 0 aliphatic carbocycles. The Balaban J connectivity index is 0.00000200. The molecule has 1 aromatic carbocycles. The van der Waals surface area contributed by atoms with E-state index < -0.39 is 0 Å². The van der Waals surface area contributed by atoms with E-state index in [1.807, 2.05) is 19.1 Å². The summed E-state index contributed by atoms with van der Waals surface area (Å²) in [5.74, 6) is -0.0818. The van der Waals surface area contributed by atoms with E-state index in [1.54, 1.807) is 17.1 Å². The molecule has 0 unspecified atom stereocenters. The molecule has 1 amide bonds. The number of aryl methyl sites for hydroxylation is 1. The lowest BCUT2D eigenvalue weighted by molar-refractivity contribution is 0.0953. The van der Waals surface area contributed by atoms with Gasteiger partial charge in [0.1, 0.15) is 12.7 Å². The maximum atomic E-state index is 11.9. The zero-order valence-electron chi connectivity index (χ0n) is 11.2. The summed E-state index contributed by atoms with van der Waals surface area (Å²) < 4.78 is 1.67. The first-order valence-electron chi connectivity index (χ1n) is 6.16. The number of rotatable bonds is 5. The Labute approximate surface area is 123 Å². The quantitative estimate of drug-likeness (QED) is 0.808. The number of hydrogen-bond donors (Lipinski definition) is 2. The van der Waals surface area contributed by atoms with Crippen molar-refractivity contribution in [3.8, 4) is 5.69 Å². The van der Waals surface area contributed by atoms with Gasteiger partial charge in [-0.25, -0.2) is 9.67 Å². The summed E-state index contributed by atoms with van der Waals surface area (Å²) in [4.78, 5) is 15.8. The van der Waals surface area contributed by atoms with Crippen LogP contribution in [0, 0.1) is 6.92 Å². The van der Waals surface area contributed by atoms with Crippen molar-refractivity contribution in [1.29, 1.82) is 0 Å². The predicted octanol–water partition coefficient (Wildman–Crippen LogP) is 1.08. The van der Waals surface area contributed by atoms with Crippen molar-refractivity contribution < 1.29 is 4.79 Å². The Kier molecular flexibility index (Phi) is 6.14. The number of amides is 1. The van der Waals surface area contributed by atoms with Gasteiger partial charge in [0, 0.05) is 12.1 Å². The summed E-state index contributed by atoms with van der Waals surface area (Å²) in [7, 11) is 0. The Hall–Kier alpha value is -1.92. The fourth-order valence-corrected chi connectivity index (χ4v) is 1.79. The number of carbonyl (C=O) groups is 1. The molecule has 7 heteroatoms. The highest BCUT2D eigenvalue weighted by Crippen LogP contribution is 2.14. The maximum Gasteiger partial charge on any atom is 0.251 e. The largest absolute Gasteiger partial charge is 0.352 e. The molecule has 0 fully saturated rings. The first kappa shape index (κ1) is 16.1. The third kappa shape index (κ3) is 3.79. The van der Waals surface area contributed by atoms with E-state index >= 15 is 0 Å². The maximum absolute atomic E-state index is 11.9. The van der Waals surface area contributed by atoms with Gasteiger partial charge in [0.05, 0.1) is 5.69 Å². The minimum absolute atomic E-state index is 0. The molecule has 0 radical (unpaired) electrons. The van der Waals surface area contributed by atoms with Crippen LogP contribution >= 0.6 is 12.4 Å². The van der Waals surface area contributed by atoms with Gasteiger partial charge in [-0.3, -0.25) is 4.79 Å². The molecule has 0 saturated carbocycles. The van der Waals surface area contributed by atoms with Gasteiger partial charge in [0.15, 0.2) is 0 Å². The lowest BCUT2D eigenvalue weighted by Crippen LogP contribution is -2.26. The van der Waals surface area contributed by atoms with Crippen LogP contribution in [0.4, 0.5) is 0 Å². The van der Waals surface area contributed by atoms with Gasteiger partial charge in [-0.15, -0.1) is 12.4 Å². The highest BCUT2D eigenvalue weighted by atomic mass is 35.5. The van der Waals surface area contributed by atoms with E-state index in [2.05, 4.69) is 15.4 Å². The Morgan fingerprint density at radius 2 is 2.25 bits per heavy atom. The molecule has 20 heavy (non-hydrogen) atoms. The molecule has 108 valence electrons. The zero-order chi connectivity index (χ0) is 13.7. The average Bonchev–Trinajstić information content (AvgIpc) is 2.92. The molecular formula is C13H18ClN5O. The highest BCUT2D eigenvalue weighted by Gasteiger charge is 2.08. The van der Waals surface area contributed by atoms with E-state index in [0.29, 0.717) is 18.7 Å². The second-order valence-electron chi connectivity index (χ2n) is 4.24. The number of nitrogens with two attached hydrogens (primary N) is 1. The number of nitrogens with one attached hydrogen (secondary N) is 1. The van der Waals surface area contributed by atoms with E-state index in [0.717, 1.165) is 17.7 Å². The molecule has 1 heterocycles. The van der Waals surface area contributed by atoms with Gasteiger partial charge in [-0.05, 0) is 43.7 Å². The number of halogens is 1. The summed E-state index contributed by atoms with van der Waals surface area (Å²) in [5.41, 5.74) is 7.90. The Morgan fingerprint density at radius 3 is 2.85 bits per heavy atom. The molecule has 0 saturated heterocycles. The summed E-state index contributed by atoms with van der Waals surface area (Å²) >= 11 is 0. The van der Waals surface area contributed by atoms with Crippen LogP contribution in [0.1, 0.15) is 22.3 Å². The monoisotopic (exact) mass is 295 g/mol. The van der Waals surface area contributed by atoms with Crippen molar-refractivity contribution in [3.05, 3.63) is 42.0 Å². The van der Waals surface area contributed by atoms with Crippen LogP contribution < -0.4 is 11.1 Å². The second kappa shape index (κ2) is 7.62. The van der Waals surface area contributed by atoms with Crippen molar-refractivity contribution in [2.24, 2.45) is 5.73 Å². The van der Waals surface area contributed by atoms with Crippen LogP contribution in [0.25, 0.3) is 5.69 Å². The lowest BCUT2D eigenvalue weighted by atomic mass is 10.1. The third-order valence-corrected chi connectivity index (χ3v) is 2.79. The van der Waals surface area contributed by atoms with Gasteiger partial charge in [0.25, 0.3) is 5.91 Å². The van der Waals surface area contributed by atoms with Crippen molar-refractivity contribution in [2.75, 3.05) is 13.1 Å². The molecule has 2 rings (SSSR count). The van der Waals surface area contributed by atoms with Gasteiger partial charge >= 0.3 is 0 Å². The summed E-state index contributed by atoms with van der Waals surface area (Å²) in [5, 5.41) is 6.90. The standard InChI is InChI=1S/C13H17N5O.ClH/c1-10-7-11(13(19)16-6-2-5-14)3-4-12(10)18-9-15-8-17-18;/h3-4,7-9H,2,5-6,14H2,1H3,(H,16,19);1H. The topological polar surface area (TPSA) is 85.8 Å². The SMILES string of the molecule is Cc1cc(C(=O)NCCCN)ccc1-n1cncn1.Cl. The molecule has 0 spiro atoms. The molecule has 2 aromatic rings. The van der Waals surface area contributed by atoms with Crippen LogP contribution in [0.5, 0.6) is 0 Å². The number of hydrogen-bond acceptors (Lipinski definition) is 4. The molecular weight excluding hydrogens is 278 g/mol. The molecule has 0 aliphatic rings. The van der Waals surface area contributed by atoms with E-state index in [9.17, 15) is 4.79 Å². The van der Waals surface area contributed by atoms with Gasteiger partial charge in [-0.2, -0.15) is 5.10 Å². The minimum Gasteiger partial charge on any atom is -0.352 e. The fraction of sp³-hybridized carbons (Fsp3) is 0.308.